The largest absolute Gasteiger partial charge is 0.462 e. The zero-order valence-electron chi connectivity index (χ0n) is 16.0. The molecule has 2 rings (SSSR count). The first-order chi connectivity index (χ1) is 13.5. The summed E-state index contributed by atoms with van der Waals surface area (Å²) < 4.78 is 5.21. The number of anilines is 2. The van der Waals surface area contributed by atoms with E-state index in [0.29, 0.717) is 12.3 Å². The molecule has 0 fully saturated rings. The van der Waals surface area contributed by atoms with Gasteiger partial charge >= 0.3 is 5.97 Å². The average molecular weight is 377 g/mol. The van der Waals surface area contributed by atoms with Crippen LogP contribution in [0.1, 0.15) is 35.7 Å². The lowest BCUT2D eigenvalue weighted by atomic mass is 10.1. The van der Waals surface area contributed by atoms with Crippen LogP contribution in [0.2, 0.25) is 0 Å². The van der Waals surface area contributed by atoms with Gasteiger partial charge in [0.1, 0.15) is 11.6 Å². The van der Waals surface area contributed by atoms with Gasteiger partial charge in [-0.25, -0.2) is 4.79 Å². The monoisotopic (exact) mass is 377 g/mol. The summed E-state index contributed by atoms with van der Waals surface area (Å²) in [5, 5.41) is 14.8. The van der Waals surface area contributed by atoms with E-state index in [1.165, 1.54) is 6.20 Å². The lowest BCUT2D eigenvalue weighted by Gasteiger charge is -2.10. The van der Waals surface area contributed by atoms with Crippen LogP contribution in [0.4, 0.5) is 11.4 Å². The number of hydrogen-bond acceptors (Lipinski definition) is 5. The predicted molar refractivity (Wildman–Crippen MR) is 109 cm³/mol. The second kappa shape index (κ2) is 10.5. The van der Waals surface area contributed by atoms with Crippen LogP contribution in [0, 0.1) is 18.3 Å². The molecule has 0 aliphatic carbocycles. The fourth-order valence-electron chi connectivity index (χ4n) is 2.30. The number of aryl methyl sites for hydroxylation is 1. The highest BCUT2D eigenvalue weighted by Gasteiger charge is 2.16. The standard InChI is InChI=1S/C22H23N3O3/c1-3-4-13-28-22(27)19-7-5-6-8-20(19)25-21(26)17(14-23)15-24-18-11-9-16(2)10-12-18/h5-12,15,24H,3-4,13H2,1-2H3,(H,25,26)/b17-15-. The van der Waals surface area contributed by atoms with Gasteiger partial charge < -0.3 is 15.4 Å². The number of unbranched alkanes of at least 4 members (excludes halogenated alkanes) is 1. The van der Waals surface area contributed by atoms with Crippen molar-refractivity contribution in [2.75, 3.05) is 17.2 Å². The van der Waals surface area contributed by atoms with Crippen molar-refractivity contribution in [3.63, 3.8) is 0 Å². The number of rotatable bonds is 8. The topological polar surface area (TPSA) is 91.2 Å². The molecule has 0 radical (unpaired) electrons. The van der Waals surface area contributed by atoms with E-state index < -0.39 is 11.9 Å². The van der Waals surface area contributed by atoms with Gasteiger partial charge in [-0.2, -0.15) is 5.26 Å². The van der Waals surface area contributed by atoms with E-state index in [4.69, 9.17) is 4.74 Å². The summed E-state index contributed by atoms with van der Waals surface area (Å²) in [5.74, 6) is -1.12. The molecule has 144 valence electrons. The van der Waals surface area contributed by atoms with Crippen molar-refractivity contribution in [3.05, 3.63) is 71.4 Å². The summed E-state index contributed by atoms with van der Waals surface area (Å²) in [6, 6.07) is 15.9. The summed E-state index contributed by atoms with van der Waals surface area (Å²) in [4.78, 5) is 24.7. The zero-order valence-corrected chi connectivity index (χ0v) is 16.0. The van der Waals surface area contributed by atoms with Crippen LogP contribution < -0.4 is 10.6 Å². The smallest absolute Gasteiger partial charge is 0.340 e. The van der Waals surface area contributed by atoms with Crippen molar-refractivity contribution in [2.45, 2.75) is 26.7 Å². The number of carbonyl (C=O) groups is 2. The summed E-state index contributed by atoms with van der Waals surface area (Å²) in [6.45, 7) is 4.29. The minimum Gasteiger partial charge on any atom is -0.462 e. The van der Waals surface area contributed by atoms with Gasteiger partial charge in [0.2, 0.25) is 0 Å². The number of ether oxygens (including phenoxy) is 1. The predicted octanol–water partition coefficient (Wildman–Crippen LogP) is 4.41. The molecule has 6 nitrogen and oxygen atoms in total. The molecule has 0 aromatic heterocycles. The third kappa shape index (κ3) is 5.99. The summed E-state index contributed by atoms with van der Waals surface area (Å²) >= 11 is 0. The molecular weight excluding hydrogens is 354 g/mol. The summed E-state index contributed by atoms with van der Waals surface area (Å²) in [6.07, 6.45) is 3.02. The highest BCUT2D eigenvalue weighted by atomic mass is 16.5. The SMILES string of the molecule is CCCCOC(=O)c1ccccc1NC(=O)/C(C#N)=C\Nc1ccc(C)cc1. The Balaban J connectivity index is 2.10. The molecule has 2 aromatic rings. The van der Waals surface area contributed by atoms with Gasteiger partial charge in [0, 0.05) is 11.9 Å². The Morgan fingerprint density at radius 1 is 1.14 bits per heavy atom. The maximum Gasteiger partial charge on any atom is 0.340 e. The van der Waals surface area contributed by atoms with Crippen molar-refractivity contribution in [2.24, 2.45) is 0 Å². The van der Waals surface area contributed by atoms with Gasteiger partial charge in [0.05, 0.1) is 17.9 Å². The van der Waals surface area contributed by atoms with Gasteiger partial charge in [-0.1, -0.05) is 43.2 Å². The lowest BCUT2D eigenvalue weighted by molar-refractivity contribution is -0.112. The second-order valence-corrected chi connectivity index (χ2v) is 6.17. The zero-order chi connectivity index (χ0) is 20.4. The van der Waals surface area contributed by atoms with E-state index in [-0.39, 0.29) is 11.1 Å². The fourth-order valence-corrected chi connectivity index (χ4v) is 2.30. The molecule has 0 saturated carbocycles. The maximum absolute atomic E-state index is 12.5. The van der Waals surface area contributed by atoms with Gasteiger partial charge in [-0.05, 0) is 37.6 Å². The molecule has 2 aromatic carbocycles. The Hall–Kier alpha value is -3.59. The number of benzene rings is 2. The van der Waals surface area contributed by atoms with Crippen molar-refractivity contribution in [3.8, 4) is 6.07 Å². The summed E-state index contributed by atoms with van der Waals surface area (Å²) in [7, 11) is 0. The number of carbonyl (C=O) groups excluding carboxylic acids is 2. The normalized spacial score (nSPS) is 10.7. The van der Waals surface area contributed by atoms with E-state index in [0.717, 1.165) is 24.1 Å². The molecule has 0 atom stereocenters. The maximum atomic E-state index is 12.5. The molecule has 1 amide bonds. The number of nitriles is 1. The number of para-hydroxylation sites is 1. The minimum atomic E-state index is -0.615. The highest BCUT2D eigenvalue weighted by Crippen LogP contribution is 2.18. The van der Waals surface area contributed by atoms with Crippen molar-refractivity contribution in [1.29, 1.82) is 5.26 Å². The number of amides is 1. The first-order valence-corrected chi connectivity index (χ1v) is 9.06. The number of nitrogens with one attached hydrogen (secondary N) is 2. The Kier molecular flexibility index (Phi) is 7.79. The Bertz CT molecular complexity index is 896. The fraction of sp³-hybridized carbons (Fsp3) is 0.227. The second-order valence-electron chi connectivity index (χ2n) is 6.17. The van der Waals surface area contributed by atoms with Crippen LogP contribution in [-0.4, -0.2) is 18.5 Å². The van der Waals surface area contributed by atoms with Gasteiger partial charge in [-0.15, -0.1) is 0 Å². The Morgan fingerprint density at radius 2 is 1.86 bits per heavy atom. The lowest BCUT2D eigenvalue weighted by Crippen LogP contribution is -2.17. The van der Waals surface area contributed by atoms with Crippen LogP contribution in [0.5, 0.6) is 0 Å². The van der Waals surface area contributed by atoms with Crippen molar-refractivity contribution >= 4 is 23.3 Å². The van der Waals surface area contributed by atoms with Crippen molar-refractivity contribution in [1.82, 2.24) is 0 Å². The Labute approximate surface area is 164 Å². The number of hydrogen-bond donors (Lipinski definition) is 2. The molecule has 2 N–H and O–H groups in total. The number of nitrogens with zero attached hydrogens (tertiary/aromatic N) is 1. The first kappa shape index (κ1) is 20.7. The molecule has 0 unspecified atom stereocenters. The van der Waals surface area contributed by atoms with E-state index >= 15 is 0 Å². The molecule has 0 spiro atoms. The minimum absolute atomic E-state index is 0.116. The average Bonchev–Trinajstić information content (AvgIpc) is 2.70. The van der Waals surface area contributed by atoms with Gasteiger partial charge in [0.25, 0.3) is 5.91 Å². The molecule has 0 bridgehead atoms. The van der Waals surface area contributed by atoms with Crippen LogP contribution in [-0.2, 0) is 9.53 Å². The molecular formula is C22H23N3O3. The van der Waals surface area contributed by atoms with Crippen LogP contribution in [0.15, 0.2) is 60.3 Å². The molecule has 0 aliphatic rings. The van der Waals surface area contributed by atoms with E-state index in [1.54, 1.807) is 24.3 Å². The molecule has 0 heterocycles. The van der Waals surface area contributed by atoms with E-state index in [1.807, 2.05) is 44.2 Å². The van der Waals surface area contributed by atoms with E-state index in [2.05, 4.69) is 10.6 Å². The Morgan fingerprint density at radius 3 is 2.54 bits per heavy atom. The van der Waals surface area contributed by atoms with Crippen LogP contribution in [0.25, 0.3) is 0 Å². The molecule has 0 saturated heterocycles. The highest BCUT2D eigenvalue weighted by molar-refractivity contribution is 6.09. The van der Waals surface area contributed by atoms with Gasteiger partial charge in [-0.3, -0.25) is 4.79 Å². The van der Waals surface area contributed by atoms with Gasteiger partial charge in [0.15, 0.2) is 0 Å². The third-order valence-corrected chi connectivity index (χ3v) is 3.93. The summed E-state index contributed by atoms with van der Waals surface area (Å²) in [5.41, 5.74) is 2.29. The first-order valence-electron chi connectivity index (χ1n) is 9.06. The quantitative estimate of drug-likeness (QED) is 0.308. The molecule has 6 heteroatoms. The molecule has 0 aliphatic heterocycles. The number of esters is 1. The van der Waals surface area contributed by atoms with Crippen LogP contribution in [0.3, 0.4) is 0 Å². The molecule has 28 heavy (non-hydrogen) atoms. The van der Waals surface area contributed by atoms with E-state index in [9.17, 15) is 14.9 Å². The van der Waals surface area contributed by atoms with Crippen LogP contribution >= 0.6 is 0 Å². The van der Waals surface area contributed by atoms with Crippen molar-refractivity contribution < 1.29 is 14.3 Å². The third-order valence-electron chi connectivity index (χ3n) is 3.93.